The highest BCUT2D eigenvalue weighted by Crippen LogP contribution is 2.37. The maximum absolute atomic E-state index is 2.46. The molecule has 0 aliphatic carbocycles. The minimum atomic E-state index is 0.113. The second-order valence-corrected chi connectivity index (χ2v) is 12.1. The molecule has 0 fully saturated rings. The first-order valence-electron chi connectivity index (χ1n) is 11.5. The lowest BCUT2D eigenvalue weighted by Crippen LogP contribution is -2.12. The Kier molecular flexibility index (Phi) is 4.89. The van der Waals surface area contributed by atoms with E-state index in [9.17, 15) is 0 Å². The van der Waals surface area contributed by atoms with E-state index >= 15 is 0 Å². The van der Waals surface area contributed by atoms with Gasteiger partial charge in [-0.15, -0.1) is 0 Å². The summed E-state index contributed by atoms with van der Waals surface area (Å²) in [4.78, 5) is 0. The van der Waals surface area contributed by atoms with Gasteiger partial charge in [0.1, 0.15) is 0 Å². The number of fused-ring (bicyclic) bond motifs is 3. The van der Waals surface area contributed by atoms with E-state index in [1.54, 1.807) is 0 Å². The summed E-state index contributed by atoms with van der Waals surface area (Å²) in [6, 6.07) is 23.2. The van der Waals surface area contributed by atoms with Gasteiger partial charge in [-0.1, -0.05) is 98.7 Å². The lowest BCUT2D eigenvalue weighted by molar-refractivity contribution is 0.589. The van der Waals surface area contributed by atoms with Crippen molar-refractivity contribution < 1.29 is 0 Å². The maximum atomic E-state index is 2.46. The second kappa shape index (κ2) is 6.99. The van der Waals surface area contributed by atoms with E-state index in [4.69, 9.17) is 0 Å². The highest BCUT2D eigenvalue weighted by atomic mass is 15.0. The molecule has 3 aromatic carbocycles. The van der Waals surface area contributed by atoms with E-state index in [-0.39, 0.29) is 16.2 Å². The zero-order chi connectivity index (χ0) is 22.8. The van der Waals surface area contributed by atoms with Crippen LogP contribution in [0.15, 0.2) is 60.7 Å². The molecule has 0 unspecified atom stereocenters. The molecule has 0 radical (unpaired) electrons. The third kappa shape index (κ3) is 3.91. The van der Waals surface area contributed by atoms with Gasteiger partial charge in [-0.25, -0.2) is 0 Å². The quantitative estimate of drug-likeness (QED) is 0.295. The van der Waals surface area contributed by atoms with Crippen LogP contribution in [0.3, 0.4) is 0 Å². The van der Waals surface area contributed by atoms with Gasteiger partial charge in [-0.2, -0.15) is 0 Å². The van der Waals surface area contributed by atoms with Crippen molar-refractivity contribution in [2.75, 3.05) is 0 Å². The number of benzene rings is 3. The summed E-state index contributed by atoms with van der Waals surface area (Å²) >= 11 is 0. The van der Waals surface area contributed by atoms with Crippen LogP contribution >= 0.6 is 0 Å². The van der Waals surface area contributed by atoms with Gasteiger partial charge in [-0.05, 0) is 57.2 Å². The van der Waals surface area contributed by atoms with Crippen molar-refractivity contribution in [3.63, 3.8) is 0 Å². The molecule has 0 N–H and O–H groups in total. The monoisotopic (exact) mass is 411 g/mol. The van der Waals surface area contributed by atoms with Crippen LogP contribution < -0.4 is 0 Å². The van der Waals surface area contributed by atoms with Crippen LogP contribution in [-0.4, -0.2) is 4.57 Å². The number of aromatic nitrogens is 1. The average Bonchev–Trinajstić information content (AvgIpc) is 2.99. The Morgan fingerprint density at radius 1 is 0.452 bits per heavy atom. The number of hydrogen-bond donors (Lipinski definition) is 0. The molecule has 0 aliphatic rings. The molecule has 0 spiro atoms. The highest BCUT2D eigenvalue weighted by molar-refractivity contribution is 6.09. The highest BCUT2D eigenvalue weighted by Gasteiger charge is 2.21. The fraction of sp³-hybridized carbons (Fsp3) is 0.400. The van der Waals surface area contributed by atoms with Gasteiger partial charge < -0.3 is 4.57 Å². The molecule has 1 heterocycles. The fourth-order valence-electron chi connectivity index (χ4n) is 4.34. The zero-order valence-corrected chi connectivity index (χ0v) is 20.7. The zero-order valence-electron chi connectivity index (χ0n) is 20.7. The Bertz CT molecular complexity index is 1180. The molecule has 4 aromatic rings. The van der Waals surface area contributed by atoms with E-state index in [2.05, 4.69) is 128 Å². The predicted octanol–water partition coefficient (Wildman–Crippen LogP) is 8.68. The van der Waals surface area contributed by atoms with Gasteiger partial charge >= 0.3 is 0 Å². The molecule has 0 atom stereocenters. The van der Waals surface area contributed by atoms with Crippen molar-refractivity contribution in [1.29, 1.82) is 0 Å². The summed E-state index contributed by atoms with van der Waals surface area (Å²) < 4.78 is 2.46. The Balaban J connectivity index is 2.07. The van der Waals surface area contributed by atoms with Gasteiger partial charge in [0.15, 0.2) is 0 Å². The van der Waals surface area contributed by atoms with Crippen LogP contribution in [0.25, 0.3) is 27.5 Å². The van der Waals surface area contributed by atoms with Crippen LogP contribution in [0.2, 0.25) is 0 Å². The first-order chi connectivity index (χ1) is 14.3. The average molecular weight is 412 g/mol. The van der Waals surface area contributed by atoms with Crippen LogP contribution in [-0.2, 0) is 16.2 Å². The smallest absolute Gasteiger partial charge is 0.0544 e. The number of hydrogen-bond acceptors (Lipinski definition) is 0. The third-order valence-electron chi connectivity index (χ3n) is 6.49. The lowest BCUT2D eigenvalue weighted by atomic mass is 9.86. The molecule has 1 heteroatoms. The molecule has 162 valence electrons. The van der Waals surface area contributed by atoms with Gasteiger partial charge in [0, 0.05) is 16.5 Å². The second-order valence-electron chi connectivity index (χ2n) is 12.1. The molecule has 31 heavy (non-hydrogen) atoms. The first-order valence-corrected chi connectivity index (χ1v) is 11.5. The Hall–Kier alpha value is -2.54. The summed E-state index contributed by atoms with van der Waals surface area (Å²) in [6.07, 6.45) is 0. The van der Waals surface area contributed by atoms with Gasteiger partial charge in [0.2, 0.25) is 0 Å². The molecule has 1 aromatic heterocycles. The molecule has 0 aliphatic heterocycles. The summed E-state index contributed by atoms with van der Waals surface area (Å²) in [5, 5.41) is 2.65. The SMILES string of the molecule is CC(C)(C)c1ccc(-n2c3cc(C(C)(C)C)ccc3c3ccc(C(C)(C)C)cc32)cc1. The Labute approximate surface area is 188 Å². The minimum absolute atomic E-state index is 0.113. The van der Waals surface area contributed by atoms with Crippen molar-refractivity contribution in [2.45, 2.75) is 78.6 Å². The van der Waals surface area contributed by atoms with Crippen molar-refractivity contribution >= 4 is 21.8 Å². The van der Waals surface area contributed by atoms with Crippen molar-refractivity contribution in [3.8, 4) is 5.69 Å². The van der Waals surface area contributed by atoms with Crippen LogP contribution in [0.4, 0.5) is 0 Å². The molecule has 1 nitrogen and oxygen atoms in total. The van der Waals surface area contributed by atoms with Crippen molar-refractivity contribution in [2.24, 2.45) is 0 Å². The normalized spacial score (nSPS) is 13.3. The molecule has 0 saturated heterocycles. The van der Waals surface area contributed by atoms with Gasteiger partial charge in [-0.3, -0.25) is 0 Å². The molecular weight excluding hydrogens is 374 g/mol. The maximum Gasteiger partial charge on any atom is 0.0544 e. The van der Waals surface area contributed by atoms with E-state index in [1.807, 2.05) is 0 Å². The molecule has 4 rings (SSSR count). The molecular formula is C30H37N. The number of nitrogens with zero attached hydrogens (tertiary/aromatic N) is 1. The molecule has 0 saturated carbocycles. The Morgan fingerprint density at radius 2 is 0.806 bits per heavy atom. The topological polar surface area (TPSA) is 4.93 Å². The summed E-state index contributed by atoms with van der Waals surface area (Å²) in [7, 11) is 0. The van der Waals surface area contributed by atoms with Gasteiger partial charge in [0.25, 0.3) is 0 Å². The van der Waals surface area contributed by atoms with Crippen molar-refractivity contribution in [1.82, 2.24) is 4.57 Å². The summed E-state index contributed by atoms with van der Waals surface area (Å²) in [5.74, 6) is 0. The Morgan fingerprint density at radius 3 is 1.16 bits per heavy atom. The van der Waals surface area contributed by atoms with Crippen LogP contribution in [0, 0.1) is 0 Å². The van der Waals surface area contributed by atoms with Crippen LogP contribution in [0.1, 0.15) is 79.0 Å². The fourth-order valence-corrected chi connectivity index (χ4v) is 4.34. The number of rotatable bonds is 1. The van der Waals surface area contributed by atoms with Gasteiger partial charge in [0.05, 0.1) is 11.0 Å². The molecule has 0 amide bonds. The third-order valence-corrected chi connectivity index (χ3v) is 6.49. The van der Waals surface area contributed by atoms with E-state index in [1.165, 1.54) is 44.2 Å². The van der Waals surface area contributed by atoms with E-state index in [0.717, 1.165) is 0 Å². The standard InChI is InChI=1S/C30H37N/c1-28(2,3)20-10-14-23(15-11-20)31-26-18-21(29(4,5)6)12-16-24(26)25-17-13-22(19-27(25)31)30(7,8)9/h10-19H,1-9H3. The summed E-state index contributed by atoms with van der Waals surface area (Å²) in [5.41, 5.74) is 8.28. The summed E-state index contributed by atoms with van der Waals surface area (Å²) in [6.45, 7) is 20.5. The van der Waals surface area contributed by atoms with Crippen LogP contribution in [0.5, 0.6) is 0 Å². The molecule has 0 bridgehead atoms. The van der Waals surface area contributed by atoms with E-state index < -0.39 is 0 Å². The largest absolute Gasteiger partial charge is 0.309 e. The van der Waals surface area contributed by atoms with Crippen molar-refractivity contribution in [3.05, 3.63) is 77.4 Å². The minimum Gasteiger partial charge on any atom is -0.309 e. The lowest BCUT2D eigenvalue weighted by Gasteiger charge is -2.21. The predicted molar refractivity (Wildman–Crippen MR) is 137 cm³/mol. The first kappa shape index (κ1) is 21.7. The van der Waals surface area contributed by atoms with E-state index in [0.29, 0.717) is 0 Å².